The lowest BCUT2D eigenvalue weighted by atomic mass is 9.84. The average Bonchev–Trinajstić information content (AvgIpc) is 2.83. The summed E-state index contributed by atoms with van der Waals surface area (Å²) in [6.45, 7) is 0. The van der Waals surface area contributed by atoms with Gasteiger partial charge in [0.2, 0.25) is 0 Å². The van der Waals surface area contributed by atoms with Crippen molar-refractivity contribution in [2.75, 3.05) is 0 Å². The van der Waals surface area contributed by atoms with Gasteiger partial charge in [-0.05, 0) is 25.3 Å². The number of aryl methyl sites for hydroxylation is 1. The molecule has 2 saturated heterocycles. The molecule has 0 saturated carbocycles. The first kappa shape index (κ1) is 9.16. The standard InChI is InChI=1S/C12H16N2O/c1-14-6-2-3-9(12(14)15)10-7-8-4-5-11(10)13-8/h2-3,6,8,10-11,13H,4-5,7H2,1H3/t8-,10+,11+/m1/s1. The van der Waals surface area contributed by atoms with Gasteiger partial charge in [-0.3, -0.25) is 4.79 Å². The van der Waals surface area contributed by atoms with Crippen molar-refractivity contribution < 1.29 is 0 Å². The molecule has 0 spiro atoms. The third kappa shape index (κ3) is 1.34. The molecular formula is C12H16N2O. The van der Waals surface area contributed by atoms with Gasteiger partial charge in [-0.2, -0.15) is 0 Å². The van der Waals surface area contributed by atoms with Crippen LogP contribution in [0.5, 0.6) is 0 Å². The number of nitrogens with one attached hydrogen (secondary N) is 1. The molecule has 2 aliphatic rings. The van der Waals surface area contributed by atoms with Crippen molar-refractivity contribution >= 4 is 0 Å². The quantitative estimate of drug-likeness (QED) is 0.740. The van der Waals surface area contributed by atoms with Crippen LogP contribution in [0, 0.1) is 0 Å². The molecule has 0 radical (unpaired) electrons. The number of nitrogens with zero attached hydrogens (tertiary/aromatic N) is 1. The topological polar surface area (TPSA) is 34.0 Å². The molecule has 0 unspecified atom stereocenters. The van der Waals surface area contributed by atoms with Crippen LogP contribution in [-0.2, 0) is 7.05 Å². The van der Waals surface area contributed by atoms with Gasteiger partial charge in [0.15, 0.2) is 0 Å². The number of hydrogen-bond acceptors (Lipinski definition) is 2. The monoisotopic (exact) mass is 204 g/mol. The Kier molecular flexibility index (Phi) is 1.96. The van der Waals surface area contributed by atoms with Crippen LogP contribution in [0.3, 0.4) is 0 Å². The summed E-state index contributed by atoms with van der Waals surface area (Å²) in [4.78, 5) is 12.0. The van der Waals surface area contributed by atoms with Gasteiger partial charge in [-0.15, -0.1) is 0 Å². The van der Waals surface area contributed by atoms with Gasteiger partial charge in [0.05, 0.1) is 0 Å². The van der Waals surface area contributed by atoms with Crippen molar-refractivity contribution in [3.05, 3.63) is 34.2 Å². The fourth-order valence-electron chi connectivity index (χ4n) is 3.07. The van der Waals surface area contributed by atoms with Crippen LogP contribution in [0.15, 0.2) is 23.1 Å². The van der Waals surface area contributed by atoms with E-state index in [1.54, 1.807) is 4.57 Å². The van der Waals surface area contributed by atoms with Crippen LogP contribution in [0.1, 0.15) is 30.7 Å². The van der Waals surface area contributed by atoms with E-state index in [9.17, 15) is 4.79 Å². The van der Waals surface area contributed by atoms with Gasteiger partial charge in [0.25, 0.3) is 5.56 Å². The molecule has 3 nitrogen and oxygen atoms in total. The summed E-state index contributed by atoms with van der Waals surface area (Å²) < 4.78 is 1.68. The zero-order valence-electron chi connectivity index (χ0n) is 8.94. The molecule has 1 aromatic rings. The molecule has 3 heteroatoms. The number of hydrogen-bond donors (Lipinski definition) is 1. The highest BCUT2D eigenvalue weighted by atomic mass is 16.1. The minimum absolute atomic E-state index is 0.178. The Morgan fingerprint density at radius 3 is 3.00 bits per heavy atom. The van der Waals surface area contributed by atoms with E-state index in [2.05, 4.69) is 5.32 Å². The largest absolute Gasteiger partial charge is 0.318 e. The molecule has 0 aromatic carbocycles. The summed E-state index contributed by atoms with van der Waals surface area (Å²) >= 11 is 0. The van der Waals surface area contributed by atoms with Gasteiger partial charge in [0.1, 0.15) is 0 Å². The van der Waals surface area contributed by atoms with Crippen LogP contribution in [0.4, 0.5) is 0 Å². The van der Waals surface area contributed by atoms with Crippen molar-refractivity contribution in [2.24, 2.45) is 7.05 Å². The zero-order chi connectivity index (χ0) is 10.4. The first-order valence-corrected chi connectivity index (χ1v) is 5.67. The molecule has 3 atom stereocenters. The highest BCUT2D eigenvalue weighted by Gasteiger charge is 2.40. The second kappa shape index (κ2) is 3.20. The second-order valence-corrected chi connectivity index (χ2v) is 4.77. The molecule has 3 heterocycles. The van der Waals surface area contributed by atoms with Crippen molar-refractivity contribution in [2.45, 2.75) is 37.3 Å². The zero-order valence-corrected chi connectivity index (χ0v) is 8.94. The Bertz CT molecular complexity index is 437. The molecule has 0 aliphatic carbocycles. The van der Waals surface area contributed by atoms with Crippen LogP contribution in [0.25, 0.3) is 0 Å². The van der Waals surface area contributed by atoms with Gasteiger partial charge in [-0.25, -0.2) is 0 Å². The number of rotatable bonds is 1. The Morgan fingerprint density at radius 1 is 1.47 bits per heavy atom. The van der Waals surface area contributed by atoms with Crippen molar-refractivity contribution in [1.82, 2.24) is 9.88 Å². The predicted molar refractivity (Wildman–Crippen MR) is 59.0 cm³/mol. The lowest BCUT2D eigenvalue weighted by molar-refractivity contribution is 0.500. The molecule has 3 rings (SSSR count). The number of aromatic nitrogens is 1. The number of pyridine rings is 1. The van der Waals surface area contributed by atoms with E-state index in [0.29, 0.717) is 18.0 Å². The van der Waals surface area contributed by atoms with Crippen molar-refractivity contribution in [3.8, 4) is 0 Å². The third-order valence-electron chi connectivity index (χ3n) is 3.85. The Labute approximate surface area is 89.1 Å². The summed E-state index contributed by atoms with van der Waals surface area (Å²) in [6.07, 6.45) is 5.48. The van der Waals surface area contributed by atoms with Gasteiger partial charge < -0.3 is 9.88 Å². The SMILES string of the molecule is Cn1cccc([C@@H]2C[C@H]3CC[C@@H]2N3)c1=O. The molecule has 0 amide bonds. The molecule has 2 bridgehead atoms. The molecule has 1 aromatic heterocycles. The smallest absolute Gasteiger partial charge is 0.253 e. The molecule has 80 valence electrons. The summed E-state index contributed by atoms with van der Waals surface area (Å²) in [5.41, 5.74) is 1.18. The van der Waals surface area contributed by atoms with Gasteiger partial charge in [-0.1, -0.05) is 6.07 Å². The van der Waals surface area contributed by atoms with Crippen molar-refractivity contribution in [3.63, 3.8) is 0 Å². The Hall–Kier alpha value is -1.09. The predicted octanol–water partition coefficient (Wildman–Crippen LogP) is 0.993. The molecule has 15 heavy (non-hydrogen) atoms. The van der Waals surface area contributed by atoms with Gasteiger partial charge >= 0.3 is 0 Å². The molecule has 1 N–H and O–H groups in total. The summed E-state index contributed by atoms with van der Waals surface area (Å²) in [6, 6.07) is 5.17. The van der Waals surface area contributed by atoms with Crippen LogP contribution in [-0.4, -0.2) is 16.7 Å². The summed E-state index contributed by atoms with van der Waals surface area (Å²) in [7, 11) is 1.83. The number of fused-ring (bicyclic) bond motifs is 2. The van der Waals surface area contributed by atoms with E-state index in [1.807, 2.05) is 25.4 Å². The Morgan fingerprint density at radius 2 is 2.33 bits per heavy atom. The fourth-order valence-corrected chi connectivity index (χ4v) is 3.07. The van der Waals surface area contributed by atoms with E-state index < -0.39 is 0 Å². The van der Waals surface area contributed by atoms with Crippen LogP contribution >= 0.6 is 0 Å². The average molecular weight is 204 g/mol. The van der Waals surface area contributed by atoms with E-state index in [4.69, 9.17) is 0 Å². The first-order chi connectivity index (χ1) is 7.25. The van der Waals surface area contributed by atoms with Gasteiger partial charge in [0, 0.05) is 36.8 Å². The first-order valence-electron chi connectivity index (χ1n) is 5.67. The minimum atomic E-state index is 0.178. The van der Waals surface area contributed by atoms with E-state index in [1.165, 1.54) is 12.8 Å². The maximum absolute atomic E-state index is 12.0. The third-order valence-corrected chi connectivity index (χ3v) is 3.85. The van der Waals surface area contributed by atoms with Crippen molar-refractivity contribution in [1.29, 1.82) is 0 Å². The highest BCUT2D eigenvalue weighted by Crippen LogP contribution is 2.38. The van der Waals surface area contributed by atoms with Crippen LogP contribution < -0.4 is 10.9 Å². The maximum atomic E-state index is 12.0. The lowest BCUT2D eigenvalue weighted by Crippen LogP contribution is -2.28. The minimum Gasteiger partial charge on any atom is -0.318 e. The van der Waals surface area contributed by atoms with E-state index >= 15 is 0 Å². The van der Waals surface area contributed by atoms with Crippen LogP contribution in [0.2, 0.25) is 0 Å². The normalized spacial score (nSPS) is 33.5. The Balaban J connectivity index is 2.00. The molecule has 2 fully saturated rings. The fraction of sp³-hybridized carbons (Fsp3) is 0.583. The summed E-state index contributed by atoms with van der Waals surface area (Å²) in [5.74, 6) is 0.448. The maximum Gasteiger partial charge on any atom is 0.253 e. The second-order valence-electron chi connectivity index (χ2n) is 4.77. The van der Waals surface area contributed by atoms with E-state index in [-0.39, 0.29) is 5.56 Å². The molecular weight excluding hydrogens is 188 g/mol. The molecule has 2 aliphatic heterocycles. The highest BCUT2D eigenvalue weighted by molar-refractivity contribution is 5.22. The van der Waals surface area contributed by atoms with E-state index in [0.717, 1.165) is 12.0 Å². The summed E-state index contributed by atoms with van der Waals surface area (Å²) in [5, 5.41) is 3.57. The lowest BCUT2D eigenvalue weighted by Gasteiger charge is -2.19.